The lowest BCUT2D eigenvalue weighted by Gasteiger charge is -2.34. The zero-order valence-corrected chi connectivity index (χ0v) is 15.3. The van der Waals surface area contributed by atoms with Crippen molar-refractivity contribution < 1.29 is 9.53 Å². The fourth-order valence-corrected chi connectivity index (χ4v) is 2.98. The van der Waals surface area contributed by atoms with Gasteiger partial charge in [0.1, 0.15) is 5.75 Å². The number of nitrogens with zero attached hydrogens (tertiary/aromatic N) is 2. The molecule has 2 rings (SSSR count). The number of carbonyl (C=O) groups is 1. The molecule has 1 aliphatic heterocycles. The molecule has 1 amide bonds. The summed E-state index contributed by atoms with van der Waals surface area (Å²) in [6.07, 6.45) is 1.01. The molecule has 1 saturated heterocycles. The molecule has 0 aliphatic carbocycles. The lowest BCUT2D eigenvalue weighted by atomic mass is 9.86. The minimum Gasteiger partial charge on any atom is -0.483 e. The molecule has 24 heavy (non-hydrogen) atoms. The first-order valence-electron chi connectivity index (χ1n) is 8.84. The van der Waals surface area contributed by atoms with Crippen LogP contribution in [0.3, 0.4) is 0 Å². The van der Waals surface area contributed by atoms with Gasteiger partial charge in [0.05, 0.1) is 0 Å². The van der Waals surface area contributed by atoms with Crippen LogP contribution < -0.4 is 10.5 Å². The number of hydrogen-bond donors (Lipinski definition) is 1. The highest BCUT2D eigenvalue weighted by molar-refractivity contribution is 5.78. The van der Waals surface area contributed by atoms with Crippen molar-refractivity contribution in [3.8, 4) is 5.75 Å². The Morgan fingerprint density at radius 3 is 2.46 bits per heavy atom. The monoisotopic (exact) mass is 333 g/mol. The number of rotatable bonds is 6. The highest BCUT2D eigenvalue weighted by Crippen LogP contribution is 2.30. The summed E-state index contributed by atoms with van der Waals surface area (Å²) in [5.74, 6) is 0.872. The molecule has 1 heterocycles. The van der Waals surface area contributed by atoms with E-state index in [4.69, 9.17) is 10.5 Å². The van der Waals surface area contributed by atoms with Gasteiger partial charge in [-0.15, -0.1) is 0 Å². The Labute approximate surface area is 145 Å². The van der Waals surface area contributed by atoms with E-state index in [1.54, 1.807) is 0 Å². The van der Waals surface area contributed by atoms with Crippen LogP contribution in [0.2, 0.25) is 0 Å². The van der Waals surface area contributed by atoms with Crippen LogP contribution >= 0.6 is 0 Å². The lowest BCUT2D eigenvalue weighted by molar-refractivity contribution is -0.135. The molecule has 0 unspecified atom stereocenters. The van der Waals surface area contributed by atoms with Crippen LogP contribution in [0.4, 0.5) is 0 Å². The van der Waals surface area contributed by atoms with E-state index in [9.17, 15) is 4.79 Å². The molecule has 0 radical (unpaired) electrons. The smallest absolute Gasteiger partial charge is 0.260 e. The van der Waals surface area contributed by atoms with Crippen LogP contribution in [0.25, 0.3) is 0 Å². The number of benzene rings is 1. The summed E-state index contributed by atoms with van der Waals surface area (Å²) in [7, 11) is 0. The number of carbonyl (C=O) groups excluding carboxylic acids is 1. The molecule has 5 nitrogen and oxygen atoms in total. The van der Waals surface area contributed by atoms with E-state index in [1.165, 1.54) is 0 Å². The van der Waals surface area contributed by atoms with Crippen molar-refractivity contribution in [3.63, 3.8) is 0 Å². The second kappa shape index (κ2) is 8.49. The molecule has 0 atom stereocenters. The number of amides is 1. The van der Waals surface area contributed by atoms with Crippen molar-refractivity contribution in [2.75, 3.05) is 45.9 Å². The molecule has 0 bridgehead atoms. The highest BCUT2D eigenvalue weighted by atomic mass is 16.5. The second-order valence-corrected chi connectivity index (χ2v) is 7.40. The average molecular weight is 333 g/mol. The molecular formula is C19H31N3O2. The van der Waals surface area contributed by atoms with E-state index in [1.807, 2.05) is 23.1 Å². The number of piperazine rings is 1. The summed E-state index contributed by atoms with van der Waals surface area (Å²) in [4.78, 5) is 16.7. The zero-order chi connectivity index (χ0) is 17.6. The number of para-hydroxylation sites is 1. The van der Waals surface area contributed by atoms with Gasteiger partial charge in [-0.1, -0.05) is 39.0 Å². The van der Waals surface area contributed by atoms with Crippen LogP contribution in [-0.4, -0.2) is 61.6 Å². The number of hydrogen-bond acceptors (Lipinski definition) is 4. The Morgan fingerprint density at radius 2 is 1.83 bits per heavy atom. The van der Waals surface area contributed by atoms with Crippen LogP contribution in [0.5, 0.6) is 5.75 Å². The molecule has 2 N–H and O–H groups in total. The molecule has 0 saturated carbocycles. The SMILES string of the molecule is CC(C)(C)c1ccccc1OCC(=O)N1CCN(CCCN)CC1. The predicted octanol–water partition coefficient (Wildman–Crippen LogP) is 1.86. The minimum absolute atomic E-state index is 0.00570. The quantitative estimate of drug-likeness (QED) is 0.863. The van der Waals surface area contributed by atoms with Crippen molar-refractivity contribution in [2.45, 2.75) is 32.6 Å². The summed E-state index contributed by atoms with van der Waals surface area (Å²) < 4.78 is 5.85. The van der Waals surface area contributed by atoms with Crippen LogP contribution in [0.15, 0.2) is 24.3 Å². The van der Waals surface area contributed by atoms with Crippen molar-refractivity contribution in [1.29, 1.82) is 0 Å². The lowest BCUT2D eigenvalue weighted by Crippen LogP contribution is -2.50. The third-order valence-electron chi connectivity index (χ3n) is 4.45. The summed E-state index contributed by atoms with van der Waals surface area (Å²) >= 11 is 0. The van der Waals surface area contributed by atoms with Gasteiger partial charge < -0.3 is 15.4 Å². The molecular weight excluding hydrogens is 302 g/mol. The van der Waals surface area contributed by atoms with Gasteiger partial charge in [-0.3, -0.25) is 9.69 Å². The predicted molar refractivity (Wildman–Crippen MR) is 97.3 cm³/mol. The van der Waals surface area contributed by atoms with Gasteiger partial charge in [0, 0.05) is 26.2 Å². The Balaban J connectivity index is 1.84. The molecule has 0 aromatic heterocycles. The summed E-state index contributed by atoms with van der Waals surface area (Å²) in [6.45, 7) is 11.7. The fraction of sp³-hybridized carbons (Fsp3) is 0.632. The Kier molecular flexibility index (Phi) is 6.63. The minimum atomic E-state index is -0.00570. The summed E-state index contributed by atoms with van der Waals surface area (Å²) in [6, 6.07) is 7.97. The maximum atomic E-state index is 12.4. The van der Waals surface area contributed by atoms with Gasteiger partial charge in [-0.05, 0) is 36.6 Å². The third-order valence-corrected chi connectivity index (χ3v) is 4.45. The maximum Gasteiger partial charge on any atom is 0.260 e. The van der Waals surface area contributed by atoms with E-state index in [0.717, 1.165) is 57.0 Å². The summed E-state index contributed by atoms with van der Waals surface area (Å²) in [5.41, 5.74) is 6.67. The van der Waals surface area contributed by atoms with Crippen molar-refractivity contribution >= 4 is 5.91 Å². The van der Waals surface area contributed by atoms with E-state index < -0.39 is 0 Å². The Bertz CT molecular complexity index is 532. The third kappa shape index (κ3) is 5.21. The van der Waals surface area contributed by atoms with Crippen molar-refractivity contribution in [2.24, 2.45) is 5.73 Å². The molecule has 5 heteroatoms. The standard InChI is InChI=1S/C19H31N3O2/c1-19(2,3)16-7-4-5-8-17(16)24-15-18(23)22-13-11-21(12-14-22)10-6-9-20/h4-5,7-8H,6,9-15,20H2,1-3H3. The largest absolute Gasteiger partial charge is 0.483 e. The van der Waals surface area contributed by atoms with Crippen LogP contribution in [-0.2, 0) is 10.2 Å². The first kappa shape index (κ1) is 18.7. The van der Waals surface area contributed by atoms with Crippen LogP contribution in [0, 0.1) is 0 Å². The van der Waals surface area contributed by atoms with Crippen molar-refractivity contribution in [3.05, 3.63) is 29.8 Å². The van der Waals surface area contributed by atoms with Crippen molar-refractivity contribution in [1.82, 2.24) is 9.80 Å². The number of nitrogens with two attached hydrogens (primary N) is 1. The van der Waals surface area contributed by atoms with Crippen LogP contribution in [0.1, 0.15) is 32.8 Å². The molecule has 1 aromatic carbocycles. The molecule has 1 fully saturated rings. The zero-order valence-electron chi connectivity index (χ0n) is 15.3. The van der Waals surface area contributed by atoms with E-state index in [0.29, 0.717) is 0 Å². The topological polar surface area (TPSA) is 58.8 Å². The van der Waals surface area contributed by atoms with Gasteiger partial charge in [0.2, 0.25) is 0 Å². The molecule has 0 spiro atoms. The van der Waals surface area contributed by atoms with Gasteiger partial charge >= 0.3 is 0 Å². The molecule has 1 aromatic rings. The Hall–Kier alpha value is -1.59. The fourth-order valence-electron chi connectivity index (χ4n) is 2.98. The average Bonchev–Trinajstić information content (AvgIpc) is 2.57. The molecule has 134 valence electrons. The summed E-state index contributed by atoms with van der Waals surface area (Å²) in [5, 5.41) is 0. The van der Waals surface area contributed by atoms with Gasteiger partial charge in [-0.25, -0.2) is 0 Å². The van der Waals surface area contributed by atoms with Gasteiger partial charge in [-0.2, -0.15) is 0 Å². The highest BCUT2D eigenvalue weighted by Gasteiger charge is 2.22. The van der Waals surface area contributed by atoms with E-state index in [-0.39, 0.29) is 17.9 Å². The second-order valence-electron chi connectivity index (χ2n) is 7.40. The normalized spacial score (nSPS) is 16.2. The Morgan fingerprint density at radius 1 is 1.17 bits per heavy atom. The van der Waals surface area contributed by atoms with Gasteiger partial charge in [0.25, 0.3) is 5.91 Å². The first-order chi connectivity index (χ1) is 11.4. The molecule has 1 aliphatic rings. The van der Waals surface area contributed by atoms with E-state index >= 15 is 0 Å². The first-order valence-corrected chi connectivity index (χ1v) is 8.84. The van der Waals surface area contributed by atoms with E-state index in [2.05, 4.69) is 31.7 Å². The van der Waals surface area contributed by atoms with Gasteiger partial charge in [0.15, 0.2) is 6.61 Å². The number of ether oxygens (including phenoxy) is 1. The maximum absolute atomic E-state index is 12.4.